The highest BCUT2D eigenvalue weighted by Gasteiger charge is 2.23. The van der Waals surface area contributed by atoms with Gasteiger partial charge in [0.15, 0.2) is 0 Å². The van der Waals surface area contributed by atoms with Crippen molar-refractivity contribution in [1.82, 2.24) is 5.32 Å². The summed E-state index contributed by atoms with van der Waals surface area (Å²) in [5, 5.41) is 2.89. The summed E-state index contributed by atoms with van der Waals surface area (Å²) in [5.41, 5.74) is 1.04. The van der Waals surface area contributed by atoms with Crippen LogP contribution in [0.25, 0.3) is 11.3 Å². The molecule has 0 bridgehead atoms. The fourth-order valence-corrected chi connectivity index (χ4v) is 2.29. The molecule has 0 aliphatic carbocycles. The predicted octanol–water partition coefficient (Wildman–Crippen LogP) is 2.60. The molecule has 20 heavy (non-hydrogen) atoms. The van der Waals surface area contributed by atoms with Gasteiger partial charge in [-0.1, -0.05) is 30.3 Å². The van der Waals surface area contributed by atoms with E-state index in [0.29, 0.717) is 19.8 Å². The smallest absolute Gasteiger partial charge is 0.225 e. The monoisotopic (exact) mass is 271 g/mol. The number of benzene rings is 1. The van der Waals surface area contributed by atoms with Crippen LogP contribution in [0.4, 0.5) is 0 Å². The first-order valence-corrected chi connectivity index (χ1v) is 6.82. The Morgan fingerprint density at radius 3 is 2.80 bits per heavy atom. The Labute approximate surface area is 117 Å². The van der Waals surface area contributed by atoms with E-state index in [-0.39, 0.29) is 11.8 Å². The molecule has 0 saturated carbocycles. The van der Waals surface area contributed by atoms with Gasteiger partial charge < -0.3 is 14.5 Å². The van der Waals surface area contributed by atoms with Gasteiger partial charge >= 0.3 is 0 Å². The van der Waals surface area contributed by atoms with Crippen molar-refractivity contribution >= 4 is 5.91 Å². The third kappa shape index (κ3) is 2.91. The number of rotatable bonds is 4. The minimum atomic E-state index is -0.0152. The van der Waals surface area contributed by atoms with Crippen molar-refractivity contribution in [3.8, 4) is 11.3 Å². The largest absolute Gasteiger partial charge is 0.459 e. The Morgan fingerprint density at radius 2 is 2.05 bits per heavy atom. The molecule has 104 valence electrons. The SMILES string of the molecule is O=C(NCc1ccc(-c2ccccc2)o1)C1CCOC1. The van der Waals surface area contributed by atoms with Crippen molar-refractivity contribution in [2.24, 2.45) is 5.92 Å². The molecular weight excluding hydrogens is 254 g/mol. The fourth-order valence-electron chi connectivity index (χ4n) is 2.29. The quantitative estimate of drug-likeness (QED) is 0.930. The molecule has 1 aliphatic rings. The first-order chi connectivity index (χ1) is 9.83. The molecule has 1 N–H and O–H groups in total. The second kappa shape index (κ2) is 5.92. The van der Waals surface area contributed by atoms with E-state index in [9.17, 15) is 4.79 Å². The minimum Gasteiger partial charge on any atom is -0.459 e. The third-order valence-electron chi connectivity index (χ3n) is 3.46. The van der Waals surface area contributed by atoms with Gasteiger partial charge in [-0.15, -0.1) is 0 Å². The third-order valence-corrected chi connectivity index (χ3v) is 3.46. The van der Waals surface area contributed by atoms with E-state index in [2.05, 4.69) is 5.32 Å². The van der Waals surface area contributed by atoms with E-state index < -0.39 is 0 Å². The predicted molar refractivity (Wildman–Crippen MR) is 74.9 cm³/mol. The summed E-state index contributed by atoms with van der Waals surface area (Å²) in [5.74, 6) is 1.61. The van der Waals surface area contributed by atoms with Gasteiger partial charge in [-0.25, -0.2) is 0 Å². The summed E-state index contributed by atoms with van der Waals surface area (Å²) < 4.78 is 10.9. The van der Waals surface area contributed by atoms with Crippen molar-refractivity contribution in [1.29, 1.82) is 0 Å². The number of hydrogen-bond donors (Lipinski definition) is 1. The van der Waals surface area contributed by atoms with Crippen LogP contribution in [0.2, 0.25) is 0 Å². The van der Waals surface area contributed by atoms with Gasteiger partial charge in [-0.05, 0) is 18.6 Å². The molecule has 0 radical (unpaired) electrons. The molecule has 1 saturated heterocycles. The molecule has 1 atom stereocenters. The molecule has 2 aromatic rings. The van der Waals surface area contributed by atoms with Crippen molar-refractivity contribution in [2.75, 3.05) is 13.2 Å². The average molecular weight is 271 g/mol. The first-order valence-electron chi connectivity index (χ1n) is 6.82. The number of hydrogen-bond acceptors (Lipinski definition) is 3. The van der Waals surface area contributed by atoms with Crippen LogP contribution in [0.15, 0.2) is 46.9 Å². The van der Waals surface area contributed by atoms with Crippen LogP contribution in [0.1, 0.15) is 12.2 Å². The molecule has 4 heteroatoms. The van der Waals surface area contributed by atoms with Gasteiger partial charge in [-0.2, -0.15) is 0 Å². The Kier molecular flexibility index (Phi) is 3.83. The van der Waals surface area contributed by atoms with Crippen molar-refractivity contribution in [3.63, 3.8) is 0 Å². The topological polar surface area (TPSA) is 51.5 Å². The normalized spacial score (nSPS) is 18.1. The van der Waals surface area contributed by atoms with Gasteiger partial charge in [0.2, 0.25) is 5.91 Å². The van der Waals surface area contributed by atoms with Crippen molar-refractivity contribution in [3.05, 3.63) is 48.2 Å². The molecule has 1 aliphatic heterocycles. The zero-order valence-corrected chi connectivity index (χ0v) is 11.2. The van der Waals surface area contributed by atoms with E-state index in [1.165, 1.54) is 0 Å². The van der Waals surface area contributed by atoms with Gasteiger partial charge in [0.25, 0.3) is 0 Å². The maximum absolute atomic E-state index is 11.9. The molecule has 3 rings (SSSR count). The average Bonchev–Trinajstić information content (AvgIpc) is 3.17. The Morgan fingerprint density at radius 1 is 1.20 bits per heavy atom. The van der Waals surface area contributed by atoms with Crippen LogP contribution in [-0.4, -0.2) is 19.1 Å². The lowest BCUT2D eigenvalue weighted by Crippen LogP contribution is -2.30. The molecule has 1 fully saturated rings. The molecule has 0 spiro atoms. The molecular formula is C16H17NO3. The highest BCUT2D eigenvalue weighted by Crippen LogP contribution is 2.21. The van der Waals surface area contributed by atoms with E-state index in [0.717, 1.165) is 23.5 Å². The molecule has 2 heterocycles. The zero-order chi connectivity index (χ0) is 13.8. The second-order valence-corrected chi connectivity index (χ2v) is 4.91. The molecule has 1 unspecified atom stereocenters. The van der Waals surface area contributed by atoms with E-state index in [1.54, 1.807) is 0 Å². The summed E-state index contributed by atoms with van der Waals surface area (Å²) in [6.45, 7) is 1.62. The Balaban J connectivity index is 1.59. The highest BCUT2D eigenvalue weighted by atomic mass is 16.5. The maximum atomic E-state index is 11.9. The van der Waals surface area contributed by atoms with Crippen LogP contribution in [0.5, 0.6) is 0 Å². The lowest BCUT2D eigenvalue weighted by Gasteiger charge is -2.07. The number of ether oxygens (including phenoxy) is 1. The van der Waals surface area contributed by atoms with Crippen LogP contribution in [0.3, 0.4) is 0 Å². The molecule has 1 amide bonds. The van der Waals surface area contributed by atoms with E-state index in [4.69, 9.17) is 9.15 Å². The standard InChI is InChI=1S/C16H17NO3/c18-16(13-8-9-19-11-13)17-10-14-6-7-15(20-14)12-4-2-1-3-5-12/h1-7,13H,8-11H2,(H,17,18). The van der Waals surface area contributed by atoms with E-state index >= 15 is 0 Å². The minimum absolute atomic E-state index is 0.0152. The van der Waals surface area contributed by atoms with Crippen LogP contribution < -0.4 is 5.32 Å². The van der Waals surface area contributed by atoms with Gasteiger partial charge in [-0.3, -0.25) is 4.79 Å². The fraction of sp³-hybridized carbons (Fsp3) is 0.312. The Bertz CT molecular complexity index is 570. The molecule has 4 nitrogen and oxygen atoms in total. The van der Waals surface area contributed by atoms with Gasteiger partial charge in [0.05, 0.1) is 19.1 Å². The second-order valence-electron chi connectivity index (χ2n) is 4.91. The Hall–Kier alpha value is -2.07. The number of amides is 1. The zero-order valence-electron chi connectivity index (χ0n) is 11.2. The molecule has 1 aromatic carbocycles. The number of furan rings is 1. The lowest BCUT2D eigenvalue weighted by atomic mass is 10.1. The lowest BCUT2D eigenvalue weighted by molar-refractivity contribution is -0.125. The summed E-state index contributed by atoms with van der Waals surface area (Å²) >= 11 is 0. The first kappa shape index (κ1) is 12.9. The van der Waals surface area contributed by atoms with Crippen LogP contribution in [0, 0.1) is 5.92 Å². The summed E-state index contributed by atoms with van der Waals surface area (Å²) in [6.07, 6.45) is 0.805. The van der Waals surface area contributed by atoms with Gasteiger partial charge in [0.1, 0.15) is 11.5 Å². The number of carbonyl (C=O) groups excluding carboxylic acids is 1. The summed E-state index contributed by atoms with van der Waals surface area (Å²) in [6, 6.07) is 13.7. The van der Waals surface area contributed by atoms with Crippen LogP contribution >= 0.6 is 0 Å². The number of nitrogens with one attached hydrogen (secondary N) is 1. The summed E-state index contributed by atoms with van der Waals surface area (Å²) in [4.78, 5) is 11.9. The van der Waals surface area contributed by atoms with Crippen molar-refractivity contribution in [2.45, 2.75) is 13.0 Å². The summed E-state index contributed by atoms with van der Waals surface area (Å²) in [7, 11) is 0. The van der Waals surface area contributed by atoms with E-state index in [1.807, 2.05) is 42.5 Å². The van der Waals surface area contributed by atoms with Crippen LogP contribution in [-0.2, 0) is 16.1 Å². The highest BCUT2D eigenvalue weighted by molar-refractivity contribution is 5.78. The number of carbonyl (C=O) groups is 1. The van der Waals surface area contributed by atoms with Crippen molar-refractivity contribution < 1.29 is 13.9 Å². The molecule has 1 aromatic heterocycles. The van der Waals surface area contributed by atoms with Gasteiger partial charge in [0, 0.05) is 12.2 Å². The maximum Gasteiger partial charge on any atom is 0.225 e.